The van der Waals surface area contributed by atoms with Crippen molar-refractivity contribution < 1.29 is 0 Å². The van der Waals surface area contributed by atoms with Gasteiger partial charge in [0, 0.05) is 112 Å². The molecule has 0 aromatic carbocycles. The van der Waals surface area contributed by atoms with E-state index in [1.807, 2.05) is 0 Å². The Hall–Kier alpha value is 8.76. The first-order chi connectivity index (χ1) is 5.64. The molecule has 0 N–H and O–H groups in total. The molecule has 0 saturated heterocycles. The third kappa shape index (κ3) is 44.9. The molecule has 0 radical (unpaired) electrons. The van der Waals surface area contributed by atoms with Crippen molar-refractivity contribution >= 4 is 202 Å². The maximum atomic E-state index is 2.63. The van der Waals surface area contributed by atoms with Gasteiger partial charge in [-0.15, -0.1) is 0 Å². The first-order valence-corrected chi connectivity index (χ1v) is 51.4. The number of hydrogen-bond donors (Lipinski definition) is 0. The van der Waals surface area contributed by atoms with Crippen LogP contribution in [0.5, 0.6) is 0 Å². The van der Waals surface area contributed by atoms with Gasteiger partial charge in [0.1, 0.15) is 0 Å². The van der Waals surface area contributed by atoms with E-state index in [4.69, 9.17) is 0 Å². The summed E-state index contributed by atoms with van der Waals surface area (Å²) in [5.41, 5.74) is 0. The number of halogens is 12. The van der Waals surface area contributed by atoms with E-state index in [-0.39, 0.29) is 23.2 Å². The molecule has 0 saturated carbocycles. The molecular weight excluding hydrogens is 1530 g/mol. The normalized spacial score (nSPS) is 7.85. The quantitative estimate of drug-likeness (QED) is 0.230. The average molecular weight is 1540 g/mol. The summed E-state index contributed by atoms with van der Waals surface area (Å²) in [6.45, 7) is 0. The van der Waals surface area contributed by atoms with Crippen molar-refractivity contribution in [1.29, 1.82) is 0 Å². The molecule has 0 nitrogen and oxygen atoms in total. The zero-order valence-corrected chi connectivity index (χ0v) is 30.4. The Morgan fingerprint density at radius 1 is 0.462 bits per heavy atom. The van der Waals surface area contributed by atoms with Gasteiger partial charge in [0.25, 0.3) is 0 Å². The first kappa shape index (κ1) is 33.4. The van der Waals surface area contributed by atoms with Crippen LogP contribution in [0.25, 0.3) is 0 Å². The van der Waals surface area contributed by atoms with Gasteiger partial charge in [-0.25, -0.2) is 0 Å². The molecule has 92 valence electrons. The zero-order valence-electron chi connectivity index (χ0n) is 4.54. The summed E-state index contributed by atoms with van der Waals surface area (Å²) in [5.74, 6) is 0. The fraction of sp³-hybridized carbons (Fsp3) is 1.00. The van der Waals surface area contributed by atoms with Gasteiger partial charge in [-0.2, -0.15) is 0 Å². The van der Waals surface area contributed by atoms with Crippen LogP contribution in [0.3, 0.4) is 0 Å². The Labute approximate surface area is 201 Å². The predicted molar refractivity (Wildman–Crippen MR) is 175 cm³/mol. The maximum absolute atomic E-state index is 2.63. The second-order valence-electron chi connectivity index (χ2n) is 0.324. The minimum absolute atomic E-state index is 0. The molecule has 0 bridgehead atoms. The summed E-state index contributed by atoms with van der Waals surface area (Å²) in [6, 6.07) is 0. The molecule has 0 aromatic rings. The summed E-state index contributed by atoms with van der Waals surface area (Å²) in [7, 11) is -0.628. The van der Waals surface area contributed by atoms with Crippen LogP contribution in [-0.2, 0) is 0 Å². The molecule has 13 heavy (non-hydrogen) atoms. The van der Waals surface area contributed by atoms with Crippen LogP contribution in [0.2, 0.25) is 0 Å². The Kier molecular flexibility index (Phi) is 95.6. The molecular formula is CH4I12. The van der Waals surface area contributed by atoms with Crippen LogP contribution < -0.4 is 0 Å². The van der Waals surface area contributed by atoms with E-state index in [1.54, 1.807) is 0 Å². The van der Waals surface area contributed by atoms with E-state index in [0.717, 1.165) is 0 Å². The van der Waals surface area contributed by atoms with E-state index >= 15 is 0 Å². The molecule has 0 fully saturated rings. The van der Waals surface area contributed by atoms with Crippen LogP contribution in [0.4, 0.5) is 0 Å². The molecule has 0 heterocycles. The monoisotopic (exact) mass is 1540 g/mol. The molecule has 0 aliphatic heterocycles. The van der Waals surface area contributed by atoms with Crippen molar-refractivity contribution in [2.75, 3.05) is 0 Å². The van der Waals surface area contributed by atoms with Crippen molar-refractivity contribution in [1.82, 2.24) is 0 Å². The van der Waals surface area contributed by atoms with E-state index in [2.05, 4.69) is 186 Å². The fourth-order valence-electron chi connectivity index (χ4n) is 0. The van der Waals surface area contributed by atoms with Crippen molar-refractivity contribution in [2.45, 2.75) is 7.43 Å². The molecule has 0 spiro atoms. The van der Waals surface area contributed by atoms with Crippen LogP contribution in [0.15, 0.2) is 0 Å². The van der Waals surface area contributed by atoms with Crippen LogP contribution in [-0.4, -0.2) is 0 Å². The van der Waals surface area contributed by atoms with Crippen molar-refractivity contribution in [3.63, 3.8) is 0 Å². The molecule has 0 aliphatic rings. The van der Waals surface area contributed by atoms with Gasteiger partial charge in [-0.3, -0.25) is 0 Å². The van der Waals surface area contributed by atoms with E-state index in [0.29, 0.717) is 0 Å². The third-order valence-electron chi connectivity index (χ3n) is 0.0816. The molecule has 0 unspecified atom stereocenters. The van der Waals surface area contributed by atoms with Gasteiger partial charge < -0.3 is 0 Å². The predicted octanol–water partition coefficient (Wildman–Crippen LogP) is 11.3. The molecule has 12 heteroatoms. The summed E-state index contributed by atoms with van der Waals surface area (Å²) in [5, 5.41) is 0. The Morgan fingerprint density at radius 2 is 0.538 bits per heavy atom. The van der Waals surface area contributed by atoms with E-state index < -0.39 is 0 Å². The van der Waals surface area contributed by atoms with Gasteiger partial charge in [0.05, 0.1) is 0 Å². The minimum atomic E-state index is -0.314. The number of hydrogen-bond acceptors (Lipinski definition) is 0. The molecule has 0 atom stereocenters. The summed E-state index contributed by atoms with van der Waals surface area (Å²) in [4.78, 5) is 0. The second kappa shape index (κ2) is 37.2. The topological polar surface area (TPSA) is 0 Å². The van der Waals surface area contributed by atoms with Gasteiger partial charge in [-0.1, -0.05) is 7.43 Å². The van der Waals surface area contributed by atoms with E-state index in [1.165, 1.54) is 0 Å². The van der Waals surface area contributed by atoms with E-state index in [9.17, 15) is 0 Å². The first-order valence-electron chi connectivity index (χ1n) is 1.14. The van der Waals surface area contributed by atoms with Crippen LogP contribution >= 0.6 is 202 Å². The Balaban J connectivity index is -0.0000000263. The summed E-state index contributed by atoms with van der Waals surface area (Å²) < 4.78 is 0. The van der Waals surface area contributed by atoms with Gasteiger partial charge in [-0.05, 0) is 0 Å². The van der Waals surface area contributed by atoms with Crippen LogP contribution in [0, 0.1) is 0 Å². The van der Waals surface area contributed by atoms with Crippen LogP contribution in [0.1, 0.15) is 7.43 Å². The van der Waals surface area contributed by atoms with Gasteiger partial charge in [0.2, 0.25) is 0 Å². The van der Waals surface area contributed by atoms with Crippen molar-refractivity contribution in [2.24, 2.45) is 0 Å². The van der Waals surface area contributed by atoms with Gasteiger partial charge in [0.15, 0.2) is 0 Å². The molecule has 0 amide bonds. The SMILES string of the molecule is C.II.II.II.II(I)I(I)I. The van der Waals surface area contributed by atoms with Crippen molar-refractivity contribution in [3.8, 4) is 0 Å². The molecule has 0 rings (SSSR count). The Bertz CT molecular complexity index is 26.1. The third-order valence-corrected chi connectivity index (χ3v) is 165. The average Bonchev–Trinajstić information content (AvgIpc) is 2.14. The van der Waals surface area contributed by atoms with Crippen molar-refractivity contribution in [3.05, 3.63) is 0 Å². The number of rotatable bonds is 1. The summed E-state index contributed by atoms with van der Waals surface area (Å²) in [6.07, 6.45) is 0. The van der Waals surface area contributed by atoms with Gasteiger partial charge >= 0.3 is 90.3 Å². The summed E-state index contributed by atoms with van der Waals surface area (Å²) >= 11 is 23.2. The fourth-order valence-corrected chi connectivity index (χ4v) is 0. The standard InChI is InChI=1S/CH4.I6.3I2/c;1-5(2)6(3)4;3*1-2/h1H4;;;;. The zero-order chi connectivity index (χ0) is 11.2. The molecule has 0 aromatic heterocycles. The second-order valence-corrected chi connectivity index (χ2v) is 97.8. The molecule has 0 aliphatic carbocycles. The Morgan fingerprint density at radius 3 is 0.538 bits per heavy atom.